The smallest absolute Gasteiger partial charge is 0.341 e. The molecule has 0 saturated carbocycles. The standard InChI is InChI=1S/C11H12BrClO3/c1-3-15-10-6-8(12)9(13)5-7(10)11(14)16-4-2/h5-6H,3-4H2,1-2H3. The summed E-state index contributed by atoms with van der Waals surface area (Å²) in [5.74, 6) is 0.0394. The van der Waals surface area contributed by atoms with Gasteiger partial charge in [-0.15, -0.1) is 0 Å². The van der Waals surface area contributed by atoms with Crippen LogP contribution in [-0.2, 0) is 4.74 Å². The Hall–Kier alpha value is -0.740. The molecule has 0 unspecified atom stereocenters. The van der Waals surface area contributed by atoms with Crippen molar-refractivity contribution >= 4 is 33.5 Å². The lowest BCUT2D eigenvalue weighted by atomic mass is 10.2. The lowest BCUT2D eigenvalue weighted by Crippen LogP contribution is -2.08. The van der Waals surface area contributed by atoms with E-state index in [1.165, 1.54) is 6.07 Å². The molecule has 0 amide bonds. The van der Waals surface area contributed by atoms with E-state index in [2.05, 4.69) is 15.9 Å². The number of esters is 1. The average Bonchev–Trinajstić information content (AvgIpc) is 2.23. The number of carbonyl (C=O) groups is 1. The molecular weight excluding hydrogens is 295 g/mol. The number of halogens is 2. The Morgan fingerprint density at radius 1 is 1.38 bits per heavy atom. The third-order valence-electron chi connectivity index (χ3n) is 1.82. The molecule has 0 N–H and O–H groups in total. The Balaban J connectivity index is 3.13. The van der Waals surface area contributed by atoms with E-state index in [4.69, 9.17) is 21.1 Å². The van der Waals surface area contributed by atoms with Crippen LogP contribution in [0.15, 0.2) is 16.6 Å². The summed E-state index contributed by atoms with van der Waals surface area (Å²) in [5, 5.41) is 0.450. The van der Waals surface area contributed by atoms with Gasteiger partial charge in [-0.25, -0.2) is 4.79 Å². The zero-order valence-electron chi connectivity index (χ0n) is 9.05. The monoisotopic (exact) mass is 306 g/mol. The minimum absolute atomic E-state index is 0.318. The third kappa shape index (κ3) is 3.12. The van der Waals surface area contributed by atoms with E-state index in [1.54, 1.807) is 13.0 Å². The van der Waals surface area contributed by atoms with Crippen molar-refractivity contribution in [3.63, 3.8) is 0 Å². The lowest BCUT2D eigenvalue weighted by Gasteiger charge is -2.10. The average molecular weight is 308 g/mol. The Morgan fingerprint density at radius 2 is 2.06 bits per heavy atom. The quantitative estimate of drug-likeness (QED) is 0.796. The van der Waals surface area contributed by atoms with Gasteiger partial charge in [0, 0.05) is 4.47 Å². The molecule has 0 heterocycles. The second kappa shape index (κ2) is 6.11. The van der Waals surface area contributed by atoms with Gasteiger partial charge in [0.25, 0.3) is 0 Å². The number of rotatable bonds is 4. The highest BCUT2D eigenvalue weighted by atomic mass is 79.9. The van der Waals surface area contributed by atoms with E-state index in [0.29, 0.717) is 34.0 Å². The van der Waals surface area contributed by atoms with Gasteiger partial charge in [0.1, 0.15) is 11.3 Å². The number of hydrogen-bond acceptors (Lipinski definition) is 3. The van der Waals surface area contributed by atoms with Crippen molar-refractivity contribution in [1.29, 1.82) is 0 Å². The molecule has 0 fully saturated rings. The SMILES string of the molecule is CCOC(=O)c1cc(Cl)c(Br)cc1OCC. The van der Waals surface area contributed by atoms with Gasteiger partial charge in [-0.05, 0) is 41.9 Å². The van der Waals surface area contributed by atoms with Crippen LogP contribution in [0.2, 0.25) is 5.02 Å². The highest BCUT2D eigenvalue weighted by Crippen LogP contribution is 2.31. The van der Waals surface area contributed by atoms with Crippen molar-refractivity contribution < 1.29 is 14.3 Å². The summed E-state index contributed by atoms with van der Waals surface area (Å²) in [7, 11) is 0. The van der Waals surface area contributed by atoms with Crippen molar-refractivity contribution in [3.8, 4) is 5.75 Å². The van der Waals surface area contributed by atoms with E-state index < -0.39 is 5.97 Å². The zero-order valence-corrected chi connectivity index (χ0v) is 11.4. The van der Waals surface area contributed by atoms with Gasteiger partial charge in [-0.2, -0.15) is 0 Å². The maximum absolute atomic E-state index is 11.6. The molecule has 0 aliphatic carbocycles. The molecule has 16 heavy (non-hydrogen) atoms. The summed E-state index contributed by atoms with van der Waals surface area (Å²) in [6.45, 7) is 4.38. The molecule has 0 spiro atoms. The first-order valence-corrected chi connectivity index (χ1v) is 6.06. The van der Waals surface area contributed by atoms with Gasteiger partial charge in [0.2, 0.25) is 0 Å². The topological polar surface area (TPSA) is 35.5 Å². The van der Waals surface area contributed by atoms with Crippen molar-refractivity contribution in [2.45, 2.75) is 13.8 Å². The molecule has 5 heteroatoms. The van der Waals surface area contributed by atoms with Gasteiger partial charge in [0.05, 0.1) is 18.2 Å². The van der Waals surface area contributed by atoms with Gasteiger partial charge >= 0.3 is 5.97 Å². The predicted octanol–water partition coefficient (Wildman–Crippen LogP) is 3.68. The molecule has 1 aromatic rings. The van der Waals surface area contributed by atoms with Crippen LogP contribution in [0.4, 0.5) is 0 Å². The van der Waals surface area contributed by atoms with Crippen molar-refractivity contribution in [3.05, 3.63) is 27.2 Å². The van der Waals surface area contributed by atoms with Gasteiger partial charge < -0.3 is 9.47 Å². The first-order chi connectivity index (χ1) is 7.60. The Kier molecular flexibility index (Phi) is 5.09. The fraction of sp³-hybridized carbons (Fsp3) is 0.364. The van der Waals surface area contributed by atoms with Crippen LogP contribution in [-0.4, -0.2) is 19.2 Å². The molecule has 0 radical (unpaired) electrons. The maximum atomic E-state index is 11.6. The molecule has 88 valence electrons. The van der Waals surface area contributed by atoms with Gasteiger partial charge in [0.15, 0.2) is 0 Å². The summed E-state index contributed by atoms with van der Waals surface area (Å²) in [5.41, 5.74) is 0.344. The summed E-state index contributed by atoms with van der Waals surface area (Å²) in [6.07, 6.45) is 0. The minimum Gasteiger partial charge on any atom is -0.493 e. The first kappa shape index (κ1) is 13.3. The zero-order chi connectivity index (χ0) is 12.1. The molecule has 0 atom stereocenters. The van der Waals surface area contributed by atoms with Crippen molar-refractivity contribution in [2.75, 3.05) is 13.2 Å². The van der Waals surface area contributed by atoms with Crippen LogP contribution in [0.3, 0.4) is 0 Å². The molecule has 0 saturated heterocycles. The van der Waals surface area contributed by atoms with Crippen LogP contribution in [0, 0.1) is 0 Å². The molecule has 0 aromatic heterocycles. The second-order valence-electron chi connectivity index (χ2n) is 2.92. The van der Waals surface area contributed by atoms with E-state index in [-0.39, 0.29) is 0 Å². The molecule has 1 rings (SSSR count). The molecule has 0 aliphatic rings. The summed E-state index contributed by atoms with van der Waals surface area (Å²) < 4.78 is 11.0. The lowest BCUT2D eigenvalue weighted by molar-refractivity contribution is 0.0522. The predicted molar refractivity (Wildman–Crippen MR) is 66.3 cm³/mol. The molecule has 3 nitrogen and oxygen atoms in total. The van der Waals surface area contributed by atoms with Crippen LogP contribution in [0.5, 0.6) is 5.75 Å². The molecular formula is C11H12BrClO3. The third-order valence-corrected chi connectivity index (χ3v) is 3.01. The van der Waals surface area contributed by atoms with Crippen LogP contribution in [0.25, 0.3) is 0 Å². The largest absolute Gasteiger partial charge is 0.493 e. The molecule has 0 bridgehead atoms. The highest BCUT2D eigenvalue weighted by Gasteiger charge is 2.16. The van der Waals surface area contributed by atoms with E-state index in [9.17, 15) is 4.79 Å². The van der Waals surface area contributed by atoms with Crippen LogP contribution < -0.4 is 4.74 Å². The number of benzene rings is 1. The number of ether oxygens (including phenoxy) is 2. The first-order valence-electron chi connectivity index (χ1n) is 4.89. The fourth-order valence-corrected chi connectivity index (χ4v) is 1.66. The summed E-state index contributed by atoms with van der Waals surface area (Å²) in [4.78, 5) is 11.6. The summed E-state index contributed by atoms with van der Waals surface area (Å²) in [6, 6.07) is 3.20. The van der Waals surface area contributed by atoms with Gasteiger partial charge in [-0.3, -0.25) is 0 Å². The molecule has 0 aliphatic heterocycles. The van der Waals surface area contributed by atoms with Crippen LogP contribution >= 0.6 is 27.5 Å². The van der Waals surface area contributed by atoms with Crippen molar-refractivity contribution in [2.24, 2.45) is 0 Å². The summed E-state index contributed by atoms with van der Waals surface area (Å²) >= 11 is 9.19. The van der Waals surface area contributed by atoms with Crippen LogP contribution in [0.1, 0.15) is 24.2 Å². The highest BCUT2D eigenvalue weighted by molar-refractivity contribution is 9.10. The normalized spacial score (nSPS) is 10.0. The Bertz CT molecular complexity index is 393. The van der Waals surface area contributed by atoms with Gasteiger partial charge in [-0.1, -0.05) is 11.6 Å². The fourth-order valence-electron chi connectivity index (χ4n) is 1.17. The Morgan fingerprint density at radius 3 is 2.62 bits per heavy atom. The second-order valence-corrected chi connectivity index (χ2v) is 4.18. The van der Waals surface area contributed by atoms with E-state index in [1.807, 2.05) is 6.92 Å². The Labute approximate surface area is 108 Å². The maximum Gasteiger partial charge on any atom is 0.341 e. The molecule has 1 aromatic carbocycles. The van der Waals surface area contributed by atoms with E-state index in [0.717, 1.165) is 0 Å². The van der Waals surface area contributed by atoms with Crippen molar-refractivity contribution in [1.82, 2.24) is 0 Å². The van der Waals surface area contributed by atoms with E-state index >= 15 is 0 Å². The number of carbonyl (C=O) groups excluding carboxylic acids is 1. The minimum atomic E-state index is -0.430. The number of hydrogen-bond donors (Lipinski definition) is 0.